The number of carbonyl (C=O) groups excluding carboxylic acids is 1. The predicted octanol–water partition coefficient (Wildman–Crippen LogP) is 6.86. The van der Waals surface area contributed by atoms with Crippen LogP contribution in [0.2, 0.25) is 5.02 Å². The highest BCUT2D eigenvalue weighted by Gasteiger charge is 2.43. The number of amides is 2. The van der Waals surface area contributed by atoms with Crippen molar-refractivity contribution in [3.8, 4) is 11.1 Å². The van der Waals surface area contributed by atoms with Crippen LogP contribution in [0.25, 0.3) is 11.1 Å². The minimum Gasteiger partial charge on any atom is -0.465 e. The Labute approximate surface area is 260 Å². The average molecular weight is 606 g/mol. The number of halogens is 1. The van der Waals surface area contributed by atoms with Crippen molar-refractivity contribution >= 4 is 23.6 Å². The third kappa shape index (κ3) is 8.17. The van der Waals surface area contributed by atoms with Gasteiger partial charge in [0.1, 0.15) is 0 Å². The molecule has 1 aliphatic heterocycles. The van der Waals surface area contributed by atoms with E-state index in [4.69, 9.17) is 16.7 Å². The fourth-order valence-corrected chi connectivity index (χ4v) is 6.34. The summed E-state index contributed by atoms with van der Waals surface area (Å²) in [5.74, 6) is -0.318. The van der Waals surface area contributed by atoms with Crippen molar-refractivity contribution in [2.45, 2.75) is 71.1 Å². The molecule has 8 heteroatoms. The maximum absolute atomic E-state index is 13.7. The fraction of sp³-hybridized carbons (Fsp3) is 0.429. The van der Waals surface area contributed by atoms with E-state index in [1.807, 2.05) is 59.5 Å². The molecule has 0 radical (unpaired) electrons. The Morgan fingerprint density at radius 1 is 1.07 bits per heavy atom. The summed E-state index contributed by atoms with van der Waals surface area (Å²) in [7, 11) is 0. The standard InChI is InChI=1S/C35H44ClN3O4/c1-4-25-9-5-10-28(21-25)32-30(12-6-13-31(32)36)35(43,18-8-19-37-34(41)42)29-11-7-20-39(23-29)33(40)27-16-14-26(15-17-27)22-38-24(2)3/h5-6,9-10,12-17,21,24,29,37-38,43H,4,7-8,11,18-20,22-23H2,1-3H3,(H,41,42). The van der Waals surface area contributed by atoms with E-state index in [1.54, 1.807) is 0 Å². The van der Waals surface area contributed by atoms with E-state index < -0.39 is 11.7 Å². The van der Waals surface area contributed by atoms with Crippen LogP contribution in [0.15, 0.2) is 66.7 Å². The highest BCUT2D eigenvalue weighted by atomic mass is 35.5. The van der Waals surface area contributed by atoms with Gasteiger partial charge in [-0.05, 0) is 72.6 Å². The van der Waals surface area contributed by atoms with Gasteiger partial charge in [0.25, 0.3) is 5.91 Å². The molecule has 43 heavy (non-hydrogen) atoms. The molecule has 2 atom stereocenters. The van der Waals surface area contributed by atoms with Gasteiger partial charge in [0.05, 0.1) is 5.60 Å². The molecule has 0 saturated carbocycles. The third-order valence-corrected chi connectivity index (χ3v) is 8.73. The molecule has 230 valence electrons. The number of piperidine rings is 1. The second-order valence-corrected chi connectivity index (χ2v) is 12.2. The number of hydrogen-bond acceptors (Lipinski definition) is 4. The summed E-state index contributed by atoms with van der Waals surface area (Å²) in [6, 6.07) is 21.9. The molecule has 0 spiro atoms. The van der Waals surface area contributed by atoms with Gasteiger partial charge in [-0.25, -0.2) is 4.79 Å². The molecule has 7 nitrogen and oxygen atoms in total. The van der Waals surface area contributed by atoms with Gasteiger partial charge in [-0.1, -0.05) is 80.9 Å². The molecule has 3 aromatic carbocycles. The first-order chi connectivity index (χ1) is 20.6. The lowest BCUT2D eigenvalue weighted by atomic mass is 9.72. The number of nitrogens with zero attached hydrogens (tertiary/aromatic N) is 1. The molecule has 2 amide bonds. The Morgan fingerprint density at radius 3 is 2.51 bits per heavy atom. The summed E-state index contributed by atoms with van der Waals surface area (Å²) in [5, 5.41) is 28.2. The number of aryl methyl sites for hydroxylation is 1. The Balaban J connectivity index is 1.65. The molecule has 0 aromatic heterocycles. The Kier molecular flexibility index (Phi) is 11.2. The van der Waals surface area contributed by atoms with Gasteiger partial charge in [0.15, 0.2) is 0 Å². The average Bonchev–Trinajstić information content (AvgIpc) is 3.01. The van der Waals surface area contributed by atoms with Crippen LogP contribution in [0.1, 0.15) is 73.5 Å². The summed E-state index contributed by atoms with van der Waals surface area (Å²) in [4.78, 5) is 26.7. The van der Waals surface area contributed by atoms with Gasteiger partial charge in [-0.2, -0.15) is 0 Å². The molecule has 3 aromatic rings. The van der Waals surface area contributed by atoms with Gasteiger partial charge in [0.2, 0.25) is 0 Å². The Morgan fingerprint density at radius 2 is 1.81 bits per heavy atom. The number of rotatable bonds is 12. The number of benzene rings is 3. The molecule has 1 saturated heterocycles. The zero-order valence-corrected chi connectivity index (χ0v) is 26.2. The van der Waals surface area contributed by atoms with Gasteiger partial charge >= 0.3 is 6.09 Å². The van der Waals surface area contributed by atoms with Crippen molar-refractivity contribution in [1.82, 2.24) is 15.5 Å². The van der Waals surface area contributed by atoms with E-state index >= 15 is 0 Å². The van der Waals surface area contributed by atoms with Gasteiger partial charge in [-0.15, -0.1) is 0 Å². The molecular formula is C35H44ClN3O4. The van der Waals surface area contributed by atoms with Crippen molar-refractivity contribution in [2.75, 3.05) is 19.6 Å². The predicted molar refractivity (Wildman–Crippen MR) is 172 cm³/mol. The van der Waals surface area contributed by atoms with Crippen molar-refractivity contribution in [3.63, 3.8) is 0 Å². The first-order valence-corrected chi connectivity index (χ1v) is 15.7. The number of carbonyl (C=O) groups is 2. The summed E-state index contributed by atoms with van der Waals surface area (Å²) in [5.41, 5.74) is 3.99. The third-order valence-electron chi connectivity index (χ3n) is 8.41. The lowest BCUT2D eigenvalue weighted by Crippen LogP contribution is -2.48. The Bertz CT molecular complexity index is 1390. The monoisotopic (exact) mass is 605 g/mol. The van der Waals surface area contributed by atoms with E-state index in [9.17, 15) is 14.7 Å². The number of aliphatic hydroxyl groups is 1. The largest absolute Gasteiger partial charge is 0.465 e. The normalized spacial score (nSPS) is 16.6. The van der Waals surface area contributed by atoms with E-state index in [0.717, 1.165) is 48.1 Å². The highest BCUT2D eigenvalue weighted by Crippen LogP contribution is 2.45. The van der Waals surface area contributed by atoms with Crippen LogP contribution < -0.4 is 10.6 Å². The summed E-state index contributed by atoms with van der Waals surface area (Å²) in [6.45, 7) is 8.26. The smallest absolute Gasteiger partial charge is 0.404 e. The summed E-state index contributed by atoms with van der Waals surface area (Å²) >= 11 is 6.85. The topological polar surface area (TPSA) is 102 Å². The van der Waals surface area contributed by atoms with Crippen LogP contribution in [0, 0.1) is 5.92 Å². The van der Waals surface area contributed by atoms with E-state index in [1.165, 1.54) is 0 Å². The van der Waals surface area contributed by atoms with E-state index in [0.29, 0.717) is 48.1 Å². The van der Waals surface area contributed by atoms with Crippen LogP contribution >= 0.6 is 11.6 Å². The highest BCUT2D eigenvalue weighted by molar-refractivity contribution is 6.33. The SMILES string of the molecule is CCc1cccc(-c2c(Cl)cccc2C(O)(CCCNC(=O)O)C2CCCN(C(=O)c3ccc(CNC(C)C)cc3)C2)c1. The second kappa shape index (κ2) is 14.9. The van der Waals surface area contributed by atoms with Crippen LogP contribution in [-0.4, -0.2) is 52.8 Å². The fourth-order valence-electron chi connectivity index (χ4n) is 6.06. The number of hydrogen-bond donors (Lipinski definition) is 4. The lowest BCUT2D eigenvalue weighted by Gasteiger charge is -2.44. The molecule has 0 aliphatic carbocycles. The Hall–Kier alpha value is -3.39. The van der Waals surface area contributed by atoms with Crippen LogP contribution in [-0.2, 0) is 18.6 Å². The van der Waals surface area contributed by atoms with E-state index in [2.05, 4.69) is 43.5 Å². The van der Waals surface area contributed by atoms with Crippen molar-refractivity contribution in [3.05, 3.63) is 94.0 Å². The first-order valence-electron chi connectivity index (χ1n) is 15.3. The molecule has 0 bridgehead atoms. The zero-order chi connectivity index (χ0) is 31.0. The number of nitrogens with one attached hydrogen (secondary N) is 2. The summed E-state index contributed by atoms with van der Waals surface area (Å²) < 4.78 is 0. The van der Waals surface area contributed by atoms with Gasteiger partial charge in [0, 0.05) is 54.3 Å². The van der Waals surface area contributed by atoms with Crippen molar-refractivity contribution in [1.29, 1.82) is 0 Å². The molecule has 1 heterocycles. The van der Waals surface area contributed by atoms with Crippen LogP contribution in [0.4, 0.5) is 4.79 Å². The van der Waals surface area contributed by atoms with Crippen LogP contribution in [0.3, 0.4) is 0 Å². The second-order valence-electron chi connectivity index (χ2n) is 11.8. The first kappa shape index (κ1) is 32.5. The van der Waals surface area contributed by atoms with E-state index in [-0.39, 0.29) is 18.4 Å². The number of carboxylic acid groups (broad SMARTS) is 1. The minimum absolute atomic E-state index is 0.0510. The molecule has 1 aliphatic rings. The van der Waals surface area contributed by atoms with Gasteiger partial charge < -0.3 is 25.7 Å². The minimum atomic E-state index is -1.34. The summed E-state index contributed by atoms with van der Waals surface area (Å²) in [6.07, 6.45) is 2.01. The van der Waals surface area contributed by atoms with Crippen LogP contribution in [0.5, 0.6) is 0 Å². The molecular weight excluding hydrogens is 562 g/mol. The van der Waals surface area contributed by atoms with Crippen molar-refractivity contribution < 1.29 is 19.8 Å². The maximum atomic E-state index is 13.7. The number of likely N-dealkylation sites (tertiary alicyclic amines) is 1. The van der Waals surface area contributed by atoms with Gasteiger partial charge in [-0.3, -0.25) is 4.79 Å². The molecule has 2 unspecified atom stereocenters. The quantitative estimate of drug-likeness (QED) is 0.169. The van der Waals surface area contributed by atoms with Crippen molar-refractivity contribution in [2.24, 2.45) is 5.92 Å². The molecule has 4 rings (SSSR count). The molecule has 1 fully saturated rings. The zero-order valence-electron chi connectivity index (χ0n) is 25.4. The lowest BCUT2D eigenvalue weighted by molar-refractivity contribution is -0.0563. The maximum Gasteiger partial charge on any atom is 0.404 e. The molecule has 4 N–H and O–H groups in total.